The molecule has 0 bridgehead atoms. The van der Waals surface area contributed by atoms with E-state index in [1.807, 2.05) is 37.4 Å². The number of amides is 1. The van der Waals surface area contributed by atoms with Gasteiger partial charge in [-0.15, -0.1) is 11.3 Å². The maximum atomic E-state index is 12.2. The first-order chi connectivity index (χ1) is 11.6. The molecule has 1 aromatic heterocycles. The van der Waals surface area contributed by atoms with E-state index in [9.17, 15) is 4.79 Å². The lowest BCUT2D eigenvalue weighted by Gasteiger charge is -2.05. The first-order valence-electron chi connectivity index (χ1n) is 7.95. The molecule has 3 nitrogen and oxygen atoms in total. The number of nitrogens with one attached hydrogen (secondary N) is 1. The summed E-state index contributed by atoms with van der Waals surface area (Å²) in [7, 11) is 0. The van der Waals surface area contributed by atoms with E-state index in [0.717, 1.165) is 22.4 Å². The van der Waals surface area contributed by atoms with Crippen molar-refractivity contribution < 1.29 is 4.79 Å². The molecule has 1 heterocycles. The van der Waals surface area contributed by atoms with Gasteiger partial charge in [-0.3, -0.25) is 4.79 Å². The minimum atomic E-state index is -0.0273. The lowest BCUT2D eigenvalue weighted by atomic mass is 10.1. The van der Waals surface area contributed by atoms with Gasteiger partial charge in [0.25, 0.3) is 0 Å². The molecule has 24 heavy (non-hydrogen) atoms. The third-order valence-corrected chi connectivity index (χ3v) is 4.82. The molecule has 122 valence electrons. The summed E-state index contributed by atoms with van der Waals surface area (Å²) in [5.74, 6) is -0.0273. The lowest BCUT2D eigenvalue weighted by Crippen LogP contribution is -2.14. The predicted octanol–water partition coefficient (Wildman–Crippen LogP) is 4.53. The standard InChI is InChI=1S/C20H20N2OS/c1-14-7-9-16(10-8-14)11-18-13-21-20(24-18)22-19(23)12-17-6-4-3-5-15(17)2/h3-10,13H,11-12H2,1-2H3,(H,21,22,23). The van der Waals surface area contributed by atoms with E-state index in [4.69, 9.17) is 0 Å². The zero-order valence-corrected chi connectivity index (χ0v) is 14.7. The van der Waals surface area contributed by atoms with E-state index in [1.54, 1.807) is 0 Å². The molecular formula is C20H20N2OS. The number of aryl methyl sites for hydroxylation is 2. The fourth-order valence-electron chi connectivity index (χ4n) is 2.50. The Bertz CT molecular complexity index is 837. The summed E-state index contributed by atoms with van der Waals surface area (Å²) in [6, 6.07) is 16.4. The Morgan fingerprint density at radius 1 is 1.08 bits per heavy atom. The maximum absolute atomic E-state index is 12.2. The molecular weight excluding hydrogens is 316 g/mol. The van der Waals surface area contributed by atoms with Crippen LogP contribution in [-0.4, -0.2) is 10.9 Å². The van der Waals surface area contributed by atoms with Crippen molar-refractivity contribution in [3.8, 4) is 0 Å². The van der Waals surface area contributed by atoms with Crippen molar-refractivity contribution in [1.82, 2.24) is 4.98 Å². The summed E-state index contributed by atoms with van der Waals surface area (Å²) in [6.45, 7) is 4.10. The second kappa shape index (κ2) is 7.41. The Balaban J connectivity index is 1.60. The normalized spacial score (nSPS) is 10.6. The van der Waals surface area contributed by atoms with Gasteiger partial charge in [0.1, 0.15) is 0 Å². The van der Waals surface area contributed by atoms with Gasteiger partial charge in [-0.25, -0.2) is 4.98 Å². The van der Waals surface area contributed by atoms with E-state index in [1.165, 1.54) is 22.5 Å². The molecule has 0 aliphatic carbocycles. The molecule has 2 aromatic carbocycles. The molecule has 0 saturated carbocycles. The van der Waals surface area contributed by atoms with Crippen molar-refractivity contribution in [1.29, 1.82) is 0 Å². The number of carbonyl (C=O) groups is 1. The first-order valence-corrected chi connectivity index (χ1v) is 8.76. The molecule has 0 aliphatic rings. The third kappa shape index (κ3) is 4.30. The summed E-state index contributed by atoms with van der Waals surface area (Å²) in [6.07, 6.45) is 3.05. The van der Waals surface area contributed by atoms with E-state index >= 15 is 0 Å². The van der Waals surface area contributed by atoms with E-state index in [2.05, 4.69) is 41.5 Å². The number of rotatable bonds is 5. The number of hydrogen-bond acceptors (Lipinski definition) is 3. The monoisotopic (exact) mass is 336 g/mol. The lowest BCUT2D eigenvalue weighted by molar-refractivity contribution is -0.115. The predicted molar refractivity (Wildman–Crippen MR) is 99.6 cm³/mol. The van der Waals surface area contributed by atoms with Gasteiger partial charge in [-0.05, 0) is 30.5 Å². The molecule has 0 saturated heterocycles. The number of thiazole rings is 1. The number of aromatic nitrogens is 1. The van der Waals surface area contributed by atoms with Crippen molar-refractivity contribution in [3.63, 3.8) is 0 Å². The number of hydrogen-bond donors (Lipinski definition) is 1. The summed E-state index contributed by atoms with van der Waals surface area (Å²) in [4.78, 5) is 17.7. The summed E-state index contributed by atoms with van der Waals surface area (Å²) >= 11 is 1.53. The Kier molecular flexibility index (Phi) is 5.06. The summed E-state index contributed by atoms with van der Waals surface area (Å²) < 4.78 is 0. The highest BCUT2D eigenvalue weighted by atomic mass is 32.1. The molecule has 0 spiro atoms. The van der Waals surface area contributed by atoms with Gasteiger partial charge in [-0.1, -0.05) is 54.1 Å². The van der Waals surface area contributed by atoms with Crippen molar-refractivity contribution in [2.45, 2.75) is 26.7 Å². The molecule has 0 fully saturated rings. The average molecular weight is 336 g/mol. The van der Waals surface area contributed by atoms with Gasteiger partial charge >= 0.3 is 0 Å². The quantitative estimate of drug-likeness (QED) is 0.743. The van der Waals surface area contributed by atoms with Crippen molar-refractivity contribution in [2.24, 2.45) is 0 Å². The fourth-order valence-corrected chi connectivity index (χ4v) is 3.36. The van der Waals surface area contributed by atoms with Crippen LogP contribution in [0.3, 0.4) is 0 Å². The number of benzene rings is 2. The molecule has 3 aromatic rings. The van der Waals surface area contributed by atoms with Gasteiger partial charge < -0.3 is 5.32 Å². The van der Waals surface area contributed by atoms with Crippen molar-refractivity contribution >= 4 is 22.4 Å². The minimum absolute atomic E-state index is 0.0273. The topological polar surface area (TPSA) is 42.0 Å². The summed E-state index contributed by atoms with van der Waals surface area (Å²) in [5, 5.41) is 3.56. The zero-order chi connectivity index (χ0) is 16.9. The van der Waals surface area contributed by atoms with Gasteiger partial charge in [0, 0.05) is 17.5 Å². The summed E-state index contributed by atoms with van der Waals surface area (Å²) in [5.41, 5.74) is 4.69. The maximum Gasteiger partial charge on any atom is 0.230 e. The Morgan fingerprint density at radius 2 is 1.83 bits per heavy atom. The third-order valence-electron chi connectivity index (χ3n) is 3.91. The molecule has 4 heteroatoms. The van der Waals surface area contributed by atoms with E-state index in [0.29, 0.717) is 11.6 Å². The van der Waals surface area contributed by atoms with Crippen LogP contribution < -0.4 is 5.32 Å². The van der Waals surface area contributed by atoms with E-state index in [-0.39, 0.29) is 5.91 Å². The molecule has 1 N–H and O–H groups in total. The molecule has 0 atom stereocenters. The Labute approximate surface area is 146 Å². The number of anilines is 1. The first kappa shape index (κ1) is 16.4. The van der Waals surface area contributed by atoms with Crippen LogP contribution in [0, 0.1) is 13.8 Å². The van der Waals surface area contributed by atoms with Gasteiger partial charge in [0.15, 0.2) is 5.13 Å². The van der Waals surface area contributed by atoms with Gasteiger partial charge in [0.05, 0.1) is 6.42 Å². The number of nitrogens with zero attached hydrogens (tertiary/aromatic N) is 1. The molecule has 0 unspecified atom stereocenters. The second-order valence-corrected chi connectivity index (χ2v) is 7.06. The highest BCUT2D eigenvalue weighted by Crippen LogP contribution is 2.21. The highest BCUT2D eigenvalue weighted by Gasteiger charge is 2.09. The van der Waals surface area contributed by atoms with Crippen LogP contribution in [-0.2, 0) is 17.6 Å². The highest BCUT2D eigenvalue weighted by molar-refractivity contribution is 7.15. The van der Waals surface area contributed by atoms with E-state index < -0.39 is 0 Å². The van der Waals surface area contributed by atoms with Crippen LogP contribution in [0.25, 0.3) is 0 Å². The van der Waals surface area contributed by atoms with Crippen LogP contribution in [0.4, 0.5) is 5.13 Å². The molecule has 0 aliphatic heterocycles. The van der Waals surface area contributed by atoms with Crippen LogP contribution >= 0.6 is 11.3 Å². The van der Waals surface area contributed by atoms with Gasteiger partial charge in [0.2, 0.25) is 5.91 Å². The smallest absolute Gasteiger partial charge is 0.230 e. The molecule has 1 amide bonds. The Morgan fingerprint density at radius 3 is 2.58 bits per heavy atom. The van der Waals surface area contributed by atoms with Crippen LogP contribution in [0.1, 0.15) is 27.1 Å². The van der Waals surface area contributed by atoms with Crippen LogP contribution in [0.5, 0.6) is 0 Å². The van der Waals surface area contributed by atoms with Gasteiger partial charge in [-0.2, -0.15) is 0 Å². The van der Waals surface area contributed by atoms with Crippen molar-refractivity contribution in [2.75, 3.05) is 5.32 Å². The fraction of sp³-hybridized carbons (Fsp3) is 0.200. The SMILES string of the molecule is Cc1ccc(Cc2cnc(NC(=O)Cc3ccccc3C)s2)cc1. The van der Waals surface area contributed by atoms with Crippen LogP contribution in [0.15, 0.2) is 54.7 Å². The Hall–Kier alpha value is -2.46. The molecule has 3 rings (SSSR count). The largest absolute Gasteiger partial charge is 0.302 e. The van der Waals surface area contributed by atoms with Crippen LogP contribution in [0.2, 0.25) is 0 Å². The second-order valence-electron chi connectivity index (χ2n) is 5.95. The molecule has 0 radical (unpaired) electrons. The van der Waals surface area contributed by atoms with Crippen molar-refractivity contribution in [3.05, 3.63) is 81.9 Å². The zero-order valence-electron chi connectivity index (χ0n) is 13.9. The number of carbonyl (C=O) groups excluding carboxylic acids is 1. The average Bonchev–Trinajstić information content (AvgIpc) is 2.99. The minimum Gasteiger partial charge on any atom is -0.302 e.